The third-order valence-corrected chi connectivity index (χ3v) is 8.86. The summed E-state index contributed by atoms with van der Waals surface area (Å²) >= 11 is 6.29. The quantitative estimate of drug-likeness (QED) is 0.215. The Kier molecular flexibility index (Phi) is 10.7. The van der Waals surface area contributed by atoms with Crippen molar-refractivity contribution in [2.24, 2.45) is 5.92 Å². The van der Waals surface area contributed by atoms with Crippen LogP contribution in [0.3, 0.4) is 0 Å². The molecule has 0 saturated carbocycles. The topological polar surface area (TPSA) is 126 Å². The van der Waals surface area contributed by atoms with Gasteiger partial charge >= 0.3 is 5.97 Å². The van der Waals surface area contributed by atoms with E-state index < -0.39 is 5.97 Å². The Hall–Kier alpha value is -3.65. The number of hydrogen-bond donors (Lipinski definition) is 4. The SMILES string of the molecule is COc1cc(N2CCC(CN3CCN(CC(=O)O)CC3)CC2)ccc1Nc1ncc(Cl)c(Nc2ccccc2N(C)[SH]=O)n1. The molecule has 2 aliphatic rings. The number of thiol groups is 1. The molecule has 3 N–H and O–H groups in total. The number of aromatic nitrogens is 2. The maximum absolute atomic E-state index is 11.4. The van der Waals surface area contributed by atoms with Crippen molar-refractivity contribution in [3.8, 4) is 5.75 Å². The lowest BCUT2D eigenvalue weighted by atomic mass is 9.95. The molecule has 3 aromatic rings. The van der Waals surface area contributed by atoms with E-state index >= 15 is 0 Å². The van der Waals surface area contributed by atoms with Crippen LogP contribution in [-0.2, 0) is 16.6 Å². The maximum Gasteiger partial charge on any atom is 0.317 e. The fourth-order valence-electron chi connectivity index (χ4n) is 5.71. The number of nitrogens with one attached hydrogen (secondary N) is 2. The van der Waals surface area contributed by atoms with Gasteiger partial charge in [-0.05, 0) is 43.0 Å². The van der Waals surface area contributed by atoms with Gasteiger partial charge in [0, 0.05) is 64.6 Å². The van der Waals surface area contributed by atoms with Gasteiger partial charge in [-0.15, -0.1) is 0 Å². The number of methoxy groups -OCH3 is 1. The number of carboxylic acids is 1. The third kappa shape index (κ3) is 8.08. The fourth-order valence-corrected chi connectivity index (χ4v) is 6.11. The number of ether oxygens (including phenoxy) is 1. The lowest BCUT2D eigenvalue weighted by Crippen LogP contribution is -2.49. The van der Waals surface area contributed by atoms with E-state index in [0.29, 0.717) is 34.1 Å². The normalized spacial score (nSPS) is 16.5. The number of carbonyl (C=O) groups is 1. The van der Waals surface area contributed by atoms with E-state index in [9.17, 15) is 9.00 Å². The van der Waals surface area contributed by atoms with Crippen molar-refractivity contribution in [1.82, 2.24) is 19.8 Å². The molecule has 0 amide bonds. The minimum atomic E-state index is -0.754. The molecule has 0 unspecified atom stereocenters. The largest absolute Gasteiger partial charge is 0.494 e. The summed E-state index contributed by atoms with van der Waals surface area (Å²) in [5, 5.41) is 15.9. The van der Waals surface area contributed by atoms with Crippen molar-refractivity contribution in [2.75, 3.05) is 86.4 Å². The second kappa shape index (κ2) is 14.9. The molecule has 236 valence electrons. The van der Waals surface area contributed by atoms with Crippen LogP contribution in [0.2, 0.25) is 5.02 Å². The van der Waals surface area contributed by atoms with Crippen LogP contribution in [0.25, 0.3) is 0 Å². The Bertz CT molecular complexity index is 1450. The van der Waals surface area contributed by atoms with Gasteiger partial charge in [0.1, 0.15) is 22.6 Å². The zero-order chi connectivity index (χ0) is 31.1. The zero-order valence-corrected chi connectivity index (χ0v) is 26.6. The van der Waals surface area contributed by atoms with Gasteiger partial charge in [-0.2, -0.15) is 4.98 Å². The second-order valence-corrected chi connectivity index (χ2v) is 12.2. The lowest BCUT2D eigenvalue weighted by Gasteiger charge is -2.39. The van der Waals surface area contributed by atoms with Crippen LogP contribution in [0.4, 0.5) is 34.5 Å². The second-order valence-electron chi connectivity index (χ2n) is 11.0. The zero-order valence-electron chi connectivity index (χ0n) is 24.9. The number of piperazine rings is 1. The number of aliphatic carboxylic acids is 1. The molecule has 0 radical (unpaired) electrons. The first-order valence-corrected chi connectivity index (χ1v) is 15.8. The van der Waals surface area contributed by atoms with Crippen molar-refractivity contribution in [1.29, 1.82) is 0 Å². The van der Waals surface area contributed by atoms with Gasteiger partial charge in [0.25, 0.3) is 0 Å². The monoisotopic (exact) mass is 642 g/mol. The number of hydrogen-bond acceptors (Lipinski definition) is 10. The maximum atomic E-state index is 11.4. The Morgan fingerprint density at radius 2 is 1.80 bits per heavy atom. The number of nitrogens with zero attached hydrogens (tertiary/aromatic N) is 6. The van der Waals surface area contributed by atoms with E-state index in [0.717, 1.165) is 75.7 Å². The highest BCUT2D eigenvalue weighted by Gasteiger charge is 2.25. The van der Waals surface area contributed by atoms with Crippen LogP contribution in [0, 0.1) is 5.92 Å². The summed E-state index contributed by atoms with van der Waals surface area (Å²) < 4.78 is 18.7. The molecule has 0 spiro atoms. The van der Waals surface area contributed by atoms with E-state index in [1.165, 1.54) is 6.20 Å². The van der Waals surface area contributed by atoms with Crippen LogP contribution in [0.15, 0.2) is 48.7 Å². The first-order chi connectivity index (χ1) is 21.3. The van der Waals surface area contributed by atoms with Gasteiger partial charge in [0.05, 0.1) is 36.9 Å². The van der Waals surface area contributed by atoms with Gasteiger partial charge in [-0.1, -0.05) is 23.7 Å². The Balaban J connectivity index is 1.19. The fraction of sp³-hybridized carbons (Fsp3) is 0.433. The van der Waals surface area contributed by atoms with Gasteiger partial charge < -0.3 is 30.3 Å². The molecule has 0 atom stereocenters. The average molecular weight is 643 g/mol. The number of benzene rings is 2. The molecule has 0 bridgehead atoms. The molecule has 3 heterocycles. The molecule has 12 nitrogen and oxygen atoms in total. The molecule has 2 aromatic carbocycles. The Morgan fingerprint density at radius 1 is 1.07 bits per heavy atom. The number of anilines is 6. The minimum Gasteiger partial charge on any atom is -0.494 e. The number of piperidine rings is 1. The summed E-state index contributed by atoms with van der Waals surface area (Å²) in [6.07, 6.45) is 3.75. The first-order valence-electron chi connectivity index (χ1n) is 14.6. The molecule has 2 saturated heterocycles. The van der Waals surface area contributed by atoms with Gasteiger partial charge in [0.2, 0.25) is 5.95 Å². The Morgan fingerprint density at radius 3 is 2.50 bits per heavy atom. The van der Waals surface area contributed by atoms with E-state index in [1.54, 1.807) is 18.5 Å². The van der Waals surface area contributed by atoms with E-state index in [4.69, 9.17) is 21.4 Å². The smallest absolute Gasteiger partial charge is 0.317 e. The van der Waals surface area contributed by atoms with Crippen molar-refractivity contribution in [2.45, 2.75) is 12.8 Å². The summed E-state index contributed by atoms with van der Waals surface area (Å²) in [5.41, 5.74) is 3.26. The lowest BCUT2D eigenvalue weighted by molar-refractivity contribution is -0.138. The van der Waals surface area contributed by atoms with Gasteiger partial charge in [0.15, 0.2) is 5.82 Å². The molecule has 5 rings (SSSR count). The summed E-state index contributed by atoms with van der Waals surface area (Å²) in [5.74, 6) is 1.32. The molecule has 2 fully saturated rings. The van der Waals surface area contributed by atoms with E-state index in [-0.39, 0.29) is 18.4 Å². The first kappa shape index (κ1) is 31.8. The van der Waals surface area contributed by atoms with E-state index in [2.05, 4.69) is 36.5 Å². The standard InChI is InChI=1S/C30H39ClN8O4S/c1-36(44-42)26-6-4-3-5-24(26)33-29-23(31)18-32-30(35-29)34-25-8-7-22(17-27(25)43-2)39-11-9-21(10-12-39)19-37-13-15-38(16-14-37)20-28(40)41/h3-8,17-18,21,44H,9-16,19-20H2,1-2H3,(H,40,41)(H2,32,33,34,35). The van der Waals surface area contributed by atoms with Crippen LogP contribution in [0.1, 0.15) is 12.8 Å². The van der Waals surface area contributed by atoms with Gasteiger partial charge in [-0.25, -0.2) is 9.19 Å². The highest BCUT2D eigenvalue weighted by molar-refractivity contribution is 7.67. The van der Waals surface area contributed by atoms with Gasteiger partial charge in [-0.3, -0.25) is 14.0 Å². The van der Waals surface area contributed by atoms with Crippen molar-refractivity contribution >= 4 is 63.9 Å². The number of rotatable bonds is 12. The minimum absolute atomic E-state index is 0.131. The molecule has 2 aliphatic heterocycles. The Labute approximate surface area is 266 Å². The predicted octanol–water partition coefficient (Wildman–Crippen LogP) is 3.84. The highest BCUT2D eigenvalue weighted by atomic mass is 35.5. The molecule has 14 heteroatoms. The number of halogens is 1. The van der Waals surface area contributed by atoms with Crippen LogP contribution in [-0.4, -0.2) is 102 Å². The summed E-state index contributed by atoms with van der Waals surface area (Å²) in [6, 6.07) is 13.5. The molecule has 1 aromatic heterocycles. The number of carboxylic acid groups (broad SMARTS) is 1. The number of para-hydroxylation sites is 2. The predicted molar refractivity (Wildman–Crippen MR) is 176 cm³/mol. The molecule has 44 heavy (non-hydrogen) atoms. The summed E-state index contributed by atoms with van der Waals surface area (Å²) in [4.78, 5) is 26.8. The average Bonchev–Trinajstić information content (AvgIpc) is 3.04. The van der Waals surface area contributed by atoms with E-state index in [1.807, 2.05) is 41.3 Å². The van der Waals surface area contributed by atoms with Crippen molar-refractivity contribution < 1.29 is 18.8 Å². The molecule has 0 aliphatic carbocycles. The van der Waals surface area contributed by atoms with Crippen molar-refractivity contribution in [3.63, 3.8) is 0 Å². The van der Waals surface area contributed by atoms with Crippen LogP contribution < -0.4 is 24.6 Å². The molecular formula is C30H39ClN8O4S. The summed E-state index contributed by atoms with van der Waals surface area (Å²) in [7, 11) is 3.36. The third-order valence-electron chi connectivity index (χ3n) is 8.12. The van der Waals surface area contributed by atoms with Crippen LogP contribution >= 0.6 is 11.6 Å². The summed E-state index contributed by atoms with van der Waals surface area (Å²) in [6.45, 7) is 6.64. The van der Waals surface area contributed by atoms with Crippen molar-refractivity contribution in [3.05, 3.63) is 53.7 Å². The molecular weight excluding hydrogens is 604 g/mol. The highest BCUT2D eigenvalue weighted by Crippen LogP contribution is 2.35. The van der Waals surface area contributed by atoms with Crippen LogP contribution in [0.5, 0.6) is 5.75 Å².